The number of rotatable bonds is 2. The zero-order chi connectivity index (χ0) is 8.39. The molecule has 1 aromatic heterocycles. The summed E-state index contributed by atoms with van der Waals surface area (Å²) in [7, 11) is 0. The van der Waals surface area contributed by atoms with Gasteiger partial charge in [-0.2, -0.15) is 0 Å². The molecule has 1 saturated heterocycles. The molecule has 1 aliphatic heterocycles. The summed E-state index contributed by atoms with van der Waals surface area (Å²) in [4.78, 5) is 0. The van der Waals surface area contributed by atoms with E-state index in [1.54, 1.807) is 6.26 Å². The Labute approximate surface area is 72.5 Å². The van der Waals surface area contributed by atoms with E-state index in [4.69, 9.17) is 9.15 Å². The maximum atomic E-state index is 5.67. The predicted molar refractivity (Wildman–Crippen MR) is 46.0 cm³/mol. The molecule has 1 aromatic rings. The molecule has 0 bridgehead atoms. The molecule has 2 nitrogen and oxygen atoms in total. The Kier molecular flexibility index (Phi) is 2.17. The van der Waals surface area contributed by atoms with Gasteiger partial charge >= 0.3 is 0 Å². The van der Waals surface area contributed by atoms with Crippen molar-refractivity contribution in [2.75, 3.05) is 0 Å². The number of hydrogen-bond donors (Lipinski definition) is 0. The van der Waals surface area contributed by atoms with Gasteiger partial charge in [0.2, 0.25) is 0 Å². The van der Waals surface area contributed by atoms with Crippen molar-refractivity contribution in [2.24, 2.45) is 0 Å². The largest absolute Gasteiger partial charge is 0.469 e. The first-order valence-corrected chi connectivity index (χ1v) is 4.52. The van der Waals surface area contributed by atoms with Gasteiger partial charge in [0.15, 0.2) is 0 Å². The first kappa shape index (κ1) is 7.87. The summed E-state index contributed by atoms with van der Waals surface area (Å²) in [6.07, 6.45) is 5.81. The number of hydrogen-bond acceptors (Lipinski definition) is 2. The Bertz CT molecular complexity index is 228. The third-order valence-electron chi connectivity index (χ3n) is 2.33. The fourth-order valence-electron chi connectivity index (χ4n) is 1.69. The lowest BCUT2D eigenvalue weighted by atomic mass is 10.1. The van der Waals surface area contributed by atoms with Crippen molar-refractivity contribution >= 4 is 0 Å². The summed E-state index contributed by atoms with van der Waals surface area (Å²) in [6, 6.07) is 3.93. The van der Waals surface area contributed by atoms with Crippen LogP contribution in [0.1, 0.15) is 25.5 Å². The van der Waals surface area contributed by atoms with E-state index in [1.807, 2.05) is 12.1 Å². The lowest BCUT2D eigenvalue weighted by molar-refractivity contribution is 0.0534. The first-order chi connectivity index (χ1) is 5.84. The van der Waals surface area contributed by atoms with E-state index in [1.165, 1.54) is 12.8 Å². The molecule has 2 heteroatoms. The van der Waals surface area contributed by atoms with Crippen LogP contribution in [0, 0.1) is 0 Å². The second-order valence-electron chi connectivity index (χ2n) is 3.43. The highest BCUT2D eigenvalue weighted by Crippen LogP contribution is 2.22. The zero-order valence-corrected chi connectivity index (χ0v) is 7.32. The molecule has 1 fully saturated rings. The van der Waals surface area contributed by atoms with E-state index in [0.29, 0.717) is 12.2 Å². The van der Waals surface area contributed by atoms with Gasteiger partial charge in [-0.25, -0.2) is 0 Å². The Morgan fingerprint density at radius 1 is 1.50 bits per heavy atom. The topological polar surface area (TPSA) is 22.4 Å². The molecule has 0 aromatic carbocycles. The monoisotopic (exact) mass is 166 g/mol. The van der Waals surface area contributed by atoms with E-state index in [9.17, 15) is 0 Å². The molecule has 66 valence electrons. The molecule has 2 unspecified atom stereocenters. The molecule has 2 rings (SSSR count). The molecule has 2 atom stereocenters. The normalized spacial score (nSPS) is 29.4. The molecule has 0 N–H and O–H groups in total. The van der Waals surface area contributed by atoms with Crippen molar-refractivity contribution in [3.05, 3.63) is 24.2 Å². The van der Waals surface area contributed by atoms with Crippen molar-refractivity contribution in [3.8, 4) is 0 Å². The van der Waals surface area contributed by atoms with E-state index >= 15 is 0 Å². The molecular weight excluding hydrogens is 152 g/mol. The minimum atomic E-state index is 0.381. The van der Waals surface area contributed by atoms with Crippen LogP contribution in [0.3, 0.4) is 0 Å². The summed E-state index contributed by atoms with van der Waals surface area (Å²) < 4.78 is 10.9. The molecular formula is C10H14O2. The van der Waals surface area contributed by atoms with Crippen LogP contribution in [-0.4, -0.2) is 12.2 Å². The first-order valence-electron chi connectivity index (χ1n) is 4.52. The quantitative estimate of drug-likeness (QED) is 0.673. The van der Waals surface area contributed by atoms with Gasteiger partial charge in [0.1, 0.15) is 5.76 Å². The van der Waals surface area contributed by atoms with Crippen molar-refractivity contribution < 1.29 is 9.15 Å². The van der Waals surface area contributed by atoms with E-state index in [2.05, 4.69) is 6.92 Å². The minimum absolute atomic E-state index is 0.381. The van der Waals surface area contributed by atoms with Crippen LogP contribution in [0.4, 0.5) is 0 Å². The van der Waals surface area contributed by atoms with Crippen LogP contribution >= 0.6 is 0 Å². The molecule has 0 amide bonds. The lowest BCUT2D eigenvalue weighted by Gasteiger charge is -2.08. The summed E-state index contributed by atoms with van der Waals surface area (Å²) in [5.74, 6) is 1.04. The van der Waals surface area contributed by atoms with E-state index < -0.39 is 0 Å². The maximum Gasteiger partial charge on any atom is 0.106 e. The molecule has 0 radical (unpaired) electrons. The van der Waals surface area contributed by atoms with Crippen molar-refractivity contribution in [2.45, 2.75) is 38.4 Å². The third-order valence-corrected chi connectivity index (χ3v) is 2.33. The van der Waals surface area contributed by atoms with Gasteiger partial charge in [-0.05, 0) is 31.9 Å². The van der Waals surface area contributed by atoms with Gasteiger partial charge in [-0.3, -0.25) is 0 Å². The highest BCUT2D eigenvalue weighted by Gasteiger charge is 2.22. The van der Waals surface area contributed by atoms with Gasteiger partial charge < -0.3 is 9.15 Å². The fourth-order valence-corrected chi connectivity index (χ4v) is 1.69. The van der Waals surface area contributed by atoms with E-state index in [-0.39, 0.29) is 0 Å². The second-order valence-corrected chi connectivity index (χ2v) is 3.43. The molecule has 2 heterocycles. The average Bonchev–Trinajstić information content (AvgIpc) is 2.63. The maximum absolute atomic E-state index is 5.67. The van der Waals surface area contributed by atoms with Crippen LogP contribution < -0.4 is 0 Å². The predicted octanol–water partition coefficient (Wildman–Crippen LogP) is 2.39. The summed E-state index contributed by atoms with van der Waals surface area (Å²) in [5, 5.41) is 0. The smallest absolute Gasteiger partial charge is 0.106 e. The molecule has 12 heavy (non-hydrogen) atoms. The molecule has 0 aliphatic carbocycles. The SMILES string of the molecule is CC1CCC(Cc2ccco2)O1. The summed E-state index contributed by atoms with van der Waals surface area (Å²) in [5.41, 5.74) is 0. The van der Waals surface area contributed by atoms with Gasteiger partial charge in [-0.15, -0.1) is 0 Å². The van der Waals surface area contributed by atoms with Gasteiger partial charge in [-0.1, -0.05) is 0 Å². The van der Waals surface area contributed by atoms with Crippen LogP contribution in [0.15, 0.2) is 22.8 Å². The lowest BCUT2D eigenvalue weighted by Crippen LogP contribution is -2.10. The highest BCUT2D eigenvalue weighted by molar-refractivity contribution is 5.00. The fraction of sp³-hybridized carbons (Fsp3) is 0.600. The Morgan fingerprint density at radius 3 is 3.00 bits per heavy atom. The van der Waals surface area contributed by atoms with Crippen LogP contribution in [0.2, 0.25) is 0 Å². The van der Waals surface area contributed by atoms with Crippen LogP contribution in [-0.2, 0) is 11.2 Å². The van der Waals surface area contributed by atoms with Crippen LogP contribution in [0.5, 0.6) is 0 Å². The van der Waals surface area contributed by atoms with Gasteiger partial charge in [0.25, 0.3) is 0 Å². The van der Waals surface area contributed by atoms with Crippen molar-refractivity contribution in [1.29, 1.82) is 0 Å². The standard InChI is InChI=1S/C10H14O2/c1-8-4-5-10(12-8)7-9-3-2-6-11-9/h2-3,6,8,10H,4-5,7H2,1H3. The number of ether oxygens (including phenoxy) is 1. The minimum Gasteiger partial charge on any atom is -0.469 e. The Balaban J connectivity index is 1.88. The Morgan fingerprint density at radius 2 is 2.42 bits per heavy atom. The third kappa shape index (κ3) is 1.69. The summed E-state index contributed by atoms with van der Waals surface area (Å²) in [6.45, 7) is 2.13. The molecule has 0 spiro atoms. The Hall–Kier alpha value is -0.760. The average molecular weight is 166 g/mol. The van der Waals surface area contributed by atoms with Crippen molar-refractivity contribution in [1.82, 2.24) is 0 Å². The number of furan rings is 1. The molecule has 1 aliphatic rings. The molecule has 0 saturated carbocycles. The zero-order valence-electron chi connectivity index (χ0n) is 7.32. The van der Waals surface area contributed by atoms with Gasteiger partial charge in [0, 0.05) is 6.42 Å². The van der Waals surface area contributed by atoms with Gasteiger partial charge in [0.05, 0.1) is 18.5 Å². The van der Waals surface area contributed by atoms with Crippen molar-refractivity contribution in [3.63, 3.8) is 0 Å². The van der Waals surface area contributed by atoms with Crippen LogP contribution in [0.25, 0.3) is 0 Å². The van der Waals surface area contributed by atoms with E-state index in [0.717, 1.165) is 12.2 Å². The summed E-state index contributed by atoms with van der Waals surface area (Å²) >= 11 is 0. The second kappa shape index (κ2) is 3.31. The highest BCUT2D eigenvalue weighted by atomic mass is 16.5.